The van der Waals surface area contributed by atoms with Gasteiger partial charge in [0.2, 0.25) is 0 Å². The molecule has 1 saturated heterocycles. The summed E-state index contributed by atoms with van der Waals surface area (Å²) in [6, 6.07) is 0. The molecule has 0 N–H and O–H groups in total. The lowest BCUT2D eigenvalue weighted by molar-refractivity contribution is -0.0157. The van der Waals surface area contributed by atoms with E-state index in [-0.39, 0.29) is 5.60 Å². The van der Waals surface area contributed by atoms with Crippen LogP contribution in [0.2, 0.25) is 0 Å². The normalized spacial score (nSPS) is 18.3. The SMILES string of the molecule is CC(C)(C)OCCCOCCCC1CN(C(C)(C)C)C1. The van der Waals surface area contributed by atoms with E-state index in [0.717, 1.165) is 32.2 Å². The molecular weight excluding hydrogens is 250 g/mol. The first-order chi connectivity index (χ1) is 9.18. The number of rotatable bonds is 8. The van der Waals surface area contributed by atoms with Crippen LogP contribution in [0.3, 0.4) is 0 Å². The highest BCUT2D eigenvalue weighted by Gasteiger charge is 2.33. The Morgan fingerprint density at radius 1 is 0.900 bits per heavy atom. The molecule has 1 fully saturated rings. The van der Waals surface area contributed by atoms with Crippen molar-refractivity contribution in [2.45, 2.75) is 71.9 Å². The second-order valence-electron chi connectivity index (χ2n) is 8.01. The van der Waals surface area contributed by atoms with E-state index in [1.54, 1.807) is 0 Å². The molecule has 0 radical (unpaired) electrons. The van der Waals surface area contributed by atoms with E-state index in [0.29, 0.717) is 5.54 Å². The summed E-state index contributed by atoms with van der Waals surface area (Å²) in [5.41, 5.74) is 0.323. The maximum absolute atomic E-state index is 5.67. The van der Waals surface area contributed by atoms with Crippen LogP contribution in [-0.2, 0) is 9.47 Å². The quantitative estimate of drug-likeness (QED) is 0.634. The standard InChI is InChI=1S/C17H35NO2/c1-16(2,3)18-13-15(14-18)9-7-10-19-11-8-12-20-17(4,5)6/h15H,7-14H2,1-6H3. The van der Waals surface area contributed by atoms with Crippen LogP contribution in [-0.4, -0.2) is 49.0 Å². The Labute approximate surface area is 126 Å². The molecule has 3 heteroatoms. The van der Waals surface area contributed by atoms with Gasteiger partial charge in [-0.15, -0.1) is 0 Å². The van der Waals surface area contributed by atoms with Crippen molar-refractivity contribution in [3.05, 3.63) is 0 Å². The number of likely N-dealkylation sites (tertiary alicyclic amines) is 1. The molecule has 0 saturated carbocycles. The van der Waals surface area contributed by atoms with Gasteiger partial charge in [-0.3, -0.25) is 4.90 Å². The van der Waals surface area contributed by atoms with Gasteiger partial charge in [0.1, 0.15) is 0 Å². The molecule has 1 rings (SSSR count). The number of hydrogen-bond acceptors (Lipinski definition) is 3. The Hall–Kier alpha value is -0.120. The van der Waals surface area contributed by atoms with Crippen molar-refractivity contribution < 1.29 is 9.47 Å². The van der Waals surface area contributed by atoms with E-state index < -0.39 is 0 Å². The summed E-state index contributed by atoms with van der Waals surface area (Å²) >= 11 is 0. The highest BCUT2D eigenvalue weighted by molar-refractivity contribution is 4.88. The van der Waals surface area contributed by atoms with Gasteiger partial charge < -0.3 is 9.47 Å². The van der Waals surface area contributed by atoms with E-state index >= 15 is 0 Å². The van der Waals surface area contributed by atoms with Gasteiger partial charge in [-0.2, -0.15) is 0 Å². The van der Waals surface area contributed by atoms with Crippen molar-refractivity contribution in [2.24, 2.45) is 5.92 Å². The minimum absolute atomic E-state index is 0.0247. The molecule has 20 heavy (non-hydrogen) atoms. The van der Waals surface area contributed by atoms with Crippen LogP contribution in [0.25, 0.3) is 0 Å². The second-order valence-corrected chi connectivity index (χ2v) is 8.01. The van der Waals surface area contributed by atoms with Crippen molar-refractivity contribution in [1.29, 1.82) is 0 Å². The first-order valence-corrected chi connectivity index (χ1v) is 8.15. The lowest BCUT2D eigenvalue weighted by atomic mass is 9.89. The molecule has 0 amide bonds. The lowest BCUT2D eigenvalue weighted by Crippen LogP contribution is -2.55. The maximum Gasteiger partial charge on any atom is 0.0598 e. The molecule has 3 nitrogen and oxygen atoms in total. The summed E-state index contributed by atoms with van der Waals surface area (Å²) in [6.07, 6.45) is 3.51. The molecule has 0 spiro atoms. The van der Waals surface area contributed by atoms with Gasteiger partial charge in [0.05, 0.1) is 5.60 Å². The van der Waals surface area contributed by atoms with Crippen molar-refractivity contribution in [3.8, 4) is 0 Å². The first-order valence-electron chi connectivity index (χ1n) is 8.15. The lowest BCUT2D eigenvalue weighted by Gasteiger charge is -2.48. The summed E-state index contributed by atoms with van der Waals surface area (Å²) in [6.45, 7) is 18.2. The van der Waals surface area contributed by atoms with E-state index in [1.165, 1.54) is 25.9 Å². The minimum atomic E-state index is -0.0247. The topological polar surface area (TPSA) is 21.7 Å². The fourth-order valence-electron chi connectivity index (χ4n) is 2.42. The number of hydrogen-bond donors (Lipinski definition) is 0. The average molecular weight is 285 g/mol. The third-order valence-electron chi connectivity index (χ3n) is 3.77. The average Bonchev–Trinajstić information content (AvgIpc) is 2.20. The van der Waals surface area contributed by atoms with Gasteiger partial charge in [0.25, 0.3) is 0 Å². The Balaban J connectivity index is 1.85. The van der Waals surface area contributed by atoms with Crippen LogP contribution in [0.1, 0.15) is 60.8 Å². The van der Waals surface area contributed by atoms with Gasteiger partial charge >= 0.3 is 0 Å². The number of nitrogens with zero attached hydrogens (tertiary/aromatic N) is 1. The smallest absolute Gasteiger partial charge is 0.0598 e. The predicted molar refractivity (Wildman–Crippen MR) is 85.2 cm³/mol. The van der Waals surface area contributed by atoms with Crippen molar-refractivity contribution in [2.75, 3.05) is 32.9 Å². The van der Waals surface area contributed by atoms with Crippen molar-refractivity contribution >= 4 is 0 Å². The van der Waals surface area contributed by atoms with Gasteiger partial charge in [0.15, 0.2) is 0 Å². The highest BCUT2D eigenvalue weighted by atomic mass is 16.5. The summed E-state index contributed by atoms with van der Waals surface area (Å²) in [7, 11) is 0. The van der Waals surface area contributed by atoms with Crippen LogP contribution in [0, 0.1) is 5.92 Å². The molecule has 120 valence electrons. The summed E-state index contributed by atoms with van der Waals surface area (Å²) in [4.78, 5) is 2.56. The Morgan fingerprint density at radius 2 is 1.50 bits per heavy atom. The van der Waals surface area contributed by atoms with E-state index in [2.05, 4.69) is 46.4 Å². The van der Waals surface area contributed by atoms with E-state index in [1.807, 2.05) is 0 Å². The molecule has 0 aromatic rings. The Morgan fingerprint density at radius 3 is 2.05 bits per heavy atom. The van der Waals surface area contributed by atoms with Crippen molar-refractivity contribution in [1.82, 2.24) is 4.90 Å². The molecule has 0 aromatic heterocycles. The molecule has 0 bridgehead atoms. The van der Waals surface area contributed by atoms with Crippen LogP contribution in [0.15, 0.2) is 0 Å². The van der Waals surface area contributed by atoms with Crippen LogP contribution in [0.5, 0.6) is 0 Å². The predicted octanol–water partition coefficient (Wildman–Crippen LogP) is 3.72. The summed E-state index contributed by atoms with van der Waals surface area (Å²) < 4.78 is 11.3. The second kappa shape index (κ2) is 7.77. The number of ether oxygens (including phenoxy) is 2. The largest absolute Gasteiger partial charge is 0.381 e. The van der Waals surface area contributed by atoms with Gasteiger partial charge in [-0.05, 0) is 66.7 Å². The Kier molecular flexibility index (Phi) is 6.96. The molecule has 1 heterocycles. The van der Waals surface area contributed by atoms with Crippen molar-refractivity contribution in [3.63, 3.8) is 0 Å². The van der Waals surface area contributed by atoms with Gasteiger partial charge in [0, 0.05) is 38.4 Å². The summed E-state index contributed by atoms with van der Waals surface area (Å²) in [5, 5.41) is 0. The molecule has 1 aliphatic heterocycles. The molecule has 0 aliphatic carbocycles. The van der Waals surface area contributed by atoms with Crippen LogP contribution in [0.4, 0.5) is 0 Å². The fraction of sp³-hybridized carbons (Fsp3) is 1.00. The Bertz CT molecular complexity index is 259. The van der Waals surface area contributed by atoms with Crippen LogP contribution >= 0.6 is 0 Å². The zero-order chi connectivity index (χ0) is 15.2. The summed E-state index contributed by atoms with van der Waals surface area (Å²) in [5.74, 6) is 0.891. The van der Waals surface area contributed by atoms with Gasteiger partial charge in [-0.1, -0.05) is 0 Å². The maximum atomic E-state index is 5.67. The molecule has 0 aromatic carbocycles. The fourth-order valence-corrected chi connectivity index (χ4v) is 2.42. The zero-order valence-corrected chi connectivity index (χ0v) is 14.5. The first kappa shape index (κ1) is 17.9. The van der Waals surface area contributed by atoms with E-state index in [9.17, 15) is 0 Å². The molecule has 1 aliphatic rings. The zero-order valence-electron chi connectivity index (χ0n) is 14.5. The molecular formula is C17H35NO2. The third kappa shape index (κ3) is 7.61. The van der Waals surface area contributed by atoms with Gasteiger partial charge in [-0.25, -0.2) is 0 Å². The highest BCUT2D eigenvalue weighted by Crippen LogP contribution is 2.27. The monoisotopic (exact) mass is 285 g/mol. The molecule has 0 atom stereocenters. The van der Waals surface area contributed by atoms with E-state index in [4.69, 9.17) is 9.47 Å². The third-order valence-corrected chi connectivity index (χ3v) is 3.77. The van der Waals surface area contributed by atoms with Crippen LogP contribution < -0.4 is 0 Å². The minimum Gasteiger partial charge on any atom is -0.381 e. The molecule has 0 unspecified atom stereocenters.